The first-order valence-electron chi connectivity index (χ1n) is 16.0. The Morgan fingerprint density at radius 1 is 0.739 bits per heavy atom. The maximum atomic E-state index is 6.54. The molecule has 3 heterocycles. The first kappa shape index (κ1) is 31.9. The number of fused-ring (bicyclic) bond motifs is 1. The van der Waals surface area contributed by atoms with Gasteiger partial charge >= 0.3 is 0 Å². The molecule has 8 heteroatoms. The van der Waals surface area contributed by atoms with Gasteiger partial charge in [0, 0.05) is 37.3 Å². The number of rotatable bonds is 14. The highest BCUT2D eigenvalue weighted by Gasteiger charge is 2.34. The number of hydrogen-bond donors (Lipinski definition) is 0. The lowest BCUT2D eigenvalue weighted by molar-refractivity contribution is -0.0107. The molecule has 2 atom stereocenters. The quantitative estimate of drug-likeness (QED) is 0.132. The second-order valence-electron chi connectivity index (χ2n) is 13.0. The van der Waals surface area contributed by atoms with Crippen molar-refractivity contribution in [2.75, 3.05) is 19.7 Å². The third-order valence-corrected chi connectivity index (χ3v) is 8.04. The van der Waals surface area contributed by atoms with Gasteiger partial charge in [-0.3, -0.25) is 4.90 Å². The lowest BCUT2D eigenvalue weighted by Crippen LogP contribution is -2.26. The summed E-state index contributed by atoms with van der Waals surface area (Å²) < 4.78 is 27.3. The molecule has 1 aliphatic rings. The van der Waals surface area contributed by atoms with Gasteiger partial charge < -0.3 is 23.5 Å². The normalized spacial score (nSPS) is 17.1. The van der Waals surface area contributed by atoms with Crippen molar-refractivity contribution in [3.05, 3.63) is 126 Å². The first-order valence-corrected chi connectivity index (χ1v) is 16.0. The van der Waals surface area contributed by atoms with Gasteiger partial charge in [0.1, 0.15) is 29.7 Å². The van der Waals surface area contributed by atoms with E-state index in [1.807, 2.05) is 63.2 Å². The molecule has 0 amide bonds. The summed E-state index contributed by atoms with van der Waals surface area (Å²) in [6.45, 7) is 11.1. The van der Waals surface area contributed by atoms with Gasteiger partial charge in [0.15, 0.2) is 0 Å². The van der Waals surface area contributed by atoms with Gasteiger partial charge in [-0.15, -0.1) is 0 Å². The molecule has 1 aliphatic heterocycles. The summed E-state index contributed by atoms with van der Waals surface area (Å²) in [5.41, 5.74) is 5.89. The fourth-order valence-corrected chi connectivity index (χ4v) is 5.91. The third-order valence-electron chi connectivity index (χ3n) is 8.04. The number of hydrogen-bond acceptors (Lipinski definition) is 7. The van der Waals surface area contributed by atoms with Crippen LogP contribution in [0.3, 0.4) is 0 Å². The summed E-state index contributed by atoms with van der Waals surface area (Å²) in [6, 6.07) is 30.9. The van der Waals surface area contributed by atoms with Crippen LogP contribution < -0.4 is 4.74 Å². The highest BCUT2D eigenvalue weighted by Crippen LogP contribution is 2.31. The monoisotopic (exact) mass is 620 g/mol. The molecule has 8 nitrogen and oxygen atoms in total. The molecule has 1 fully saturated rings. The first-order chi connectivity index (χ1) is 22.4. The third kappa shape index (κ3) is 8.59. The van der Waals surface area contributed by atoms with E-state index in [2.05, 4.69) is 69.2 Å². The molecule has 0 bridgehead atoms. The van der Waals surface area contributed by atoms with Crippen LogP contribution in [0.4, 0.5) is 0 Å². The molecule has 0 N–H and O–H groups in total. The maximum absolute atomic E-state index is 6.54. The predicted octanol–water partition coefficient (Wildman–Crippen LogP) is 7.02. The largest absolute Gasteiger partial charge is 0.470 e. The van der Waals surface area contributed by atoms with E-state index in [-0.39, 0.29) is 12.0 Å². The molecule has 2 aromatic heterocycles. The smallest absolute Gasteiger partial charge is 0.242 e. The number of aromatic nitrogens is 3. The van der Waals surface area contributed by atoms with Crippen LogP contribution in [-0.2, 0) is 47.3 Å². The van der Waals surface area contributed by atoms with E-state index >= 15 is 0 Å². The Morgan fingerprint density at radius 2 is 1.35 bits per heavy atom. The number of benzene rings is 3. The van der Waals surface area contributed by atoms with Crippen LogP contribution in [0.15, 0.2) is 104 Å². The highest BCUT2D eigenvalue weighted by atomic mass is 16.5. The molecule has 0 unspecified atom stereocenters. The molecule has 240 valence electrons. The summed E-state index contributed by atoms with van der Waals surface area (Å²) in [7, 11) is 0. The second kappa shape index (κ2) is 15.0. The molecule has 6 rings (SSSR count). The van der Waals surface area contributed by atoms with Crippen LogP contribution in [0, 0.1) is 5.92 Å². The standard InChI is InChI=1S/C38H44N4O4/c1-38(2,3)46-37-36-35(39-27-40-37)32(21-42(36)28-44-24-30-15-9-5-10-16-30)19-41-20-33(26-43-23-29-13-7-4-8-14-29)34(22-41)45-25-31-17-11-6-12-18-31/h4-18,21,27,33-34H,19-20,22-26,28H2,1-3H3/t33-,34+/m1/s1. The fraction of sp³-hybridized carbons (Fsp3) is 0.368. The van der Waals surface area contributed by atoms with E-state index < -0.39 is 5.60 Å². The van der Waals surface area contributed by atoms with Crippen molar-refractivity contribution in [2.45, 2.75) is 65.6 Å². The van der Waals surface area contributed by atoms with Crippen molar-refractivity contribution >= 4 is 11.0 Å². The van der Waals surface area contributed by atoms with E-state index in [1.54, 1.807) is 6.33 Å². The zero-order valence-corrected chi connectivity index (χ0v) is 27.0. The predicted molar refractivity (Wildman–Crippen MR) is 179 cm³/mol. The van der Waals surface area contributed by atoms with Crippen molar-refractivity contribution in [3.63, 3.8) is 0 Å². The van der Waals surface area contributed by atoms with Gasteiger partial charge in [-0.1, -0.05) is 91.0 Å². The van der Waals surface area contributed by atoms with Gasteiger partial charge in [0.2, 0.25) is 5.88 Å². The molecule has 0 radical (unpaired) electrons. The zero-order valence-electron chi connectivity index (χ0n) is 27.0. The van der Waals surface area contributed by atoms with Crippen LogP contribution in [0.25, 0.3) is 11.0 Å². The lowest BCUT2D eigenvalue weighted by atomic mass is 10.1. The average molecular weight is 621 g/mol. The van der Waals surface area contributed by atoms with Crippen LogP contribution in [0.2, 0.25) is 0 Å². The van der Waals surface area contributed by atoms with Crippen LogP contribution >= 0.6 is 0 Å². The molecule has 3 aromatic carbocycles. The van der Waals surface area contributed by atoms with Crippen molar-refractivity contribution < 1.29 is 18.9 Å². The minimum atomic E-state index is -0.410. The zero-order chi connectivity index (χ0) is 31.8. The molecule has 46 heavy (non-hydrogen) atoms. The molecule has 1 saturated heterocycles. The molecule has 0 saturated carbocycles. The average Bonchev–Trinajstić information content (AvgIpc) is 3.61. The summed E-state index contributed by atoms with van der Waals surface area (Å²) in [5.74, 6) is 0.800. The van der Waals surface area contributed by atoms with Crippen LogP contribution in [0.5, 0.6) is 5.88 Å². The minimum Gasteiger partial charge on any atom is -0.470 e. The van der Waals surface area contributed by atoms with E-state index in [4.69, 9.17) is 23.9 Å². The van der Waals surface area contributed by atoms with Gasteiger partial charge in [-0.05, 0) is 37.5 Å². The van der Waals surface area contributed by atoms with Crippen molar-refractivity contribution in [3.8, 4) is 5.88 Å². The summed E-state index contributed by atoms with van der Waals surface area (Å²) >= 11 is 0. The van der Waals surface area contributed by atoms with E-state index in [1.165, 1.54) is 11.1 Å². The maximum Gasteiger partial charge on any atom is 0.242 e. The van der Waals surface area contributed by atoms with Gasteiger partial charge in [-0.2, -0.15) is 4.98 Å². The Labute approximate surface area is 271 Å². The van der Waals surface area contributed by atoms with Crippen LogP contribution in [-0.4, -0.2) is 50.8 Å². The number of ether oxygens (including phenoxy) is 4. The molecule has 5 aromatic rings. The Balaban J connectivity index is 1.20. The van der Waals surface area contributed by atoms with E-state index in [9.17, 15) is 0 Å². The molecule has 0 aliphatic carbocycles. The summed E-state index contributed by atoms with van der Waals surface area (Å²) in [6.07, 6.45) is 3.78. The van der Waals surface area contributed by atoms with Crippen LogP contribution in [0.1, 0.15) is 43.0 Å². The number of nitrogens with zero attached hydrogens (tertiary/aromatic N) is 4. The van der Waals surface area contributed by atoms with E-state index in [0.29, 0.717) is 45.6 Å². The fourth-order valence-electron chi connectivity index (χ4n) is 5.91. The summed E-state index contributed by atoms with van der Waals surface area (Å²) in [5, 5.41) is 0. The molecular weight excluding hydrogens is 576 g/mol. The molecular formula is C38H44N4O4. The van der Waals surface area contributed by atoms with E-state index in [0.717, 1.165) is 35.2 Å². The van der Waals surface area contributed by atoms with Crippen molar-refractivity contribution in [1.82, 2.24) is 19.4 Å². The molecule has 0 spiro atoms. The minimum absolute atomic E-state index is 0.0490. The van der Waals surface area contributed by atoms with Crippen molar-refractivity contribution in [2.24, 2.45) is 5.92 Å². The van der Waals surface area contributed by atoms with Gasteiger partial charge in [-0.25, -0.2) is 4.98 Å². The van der Waals surface area contributed by atoms with Gasteiger partial charge in [0.25, 0.3) is 0 Å². The second-order valence-corrected chi connectivity index (χ2v) is 13.0. The Kier molecular flexibility index (Phi) is 10.4. The van der Waals surface area contributed by atoms with Crippen molar-refractivity contribution in [1.29, 1.82) is 0 Å². The summed E-state index contributed by atoms with van der Waals surface area (Å²) in [4.78, 5) is 11.7. The number of likely N-dealkylation sites (tertiary alicyclic amines) is 1. The Hall–Kier alpha value is -4.08. The Bertz CT molecular complexity index is 1650. The highest BCUT2D eigenvalue weighted by molar-refractivity contribution is 5.84. The SMILES string of the molecule is CC(C)(C)Oc1ncnc2c(CN3C[C@H](COCc4ccccc4)[C@@H](OCc4ccccc4)C3)cn(COCc3ccccc3)c12. The topological polar surface area (TPSA) is 70.9 Å². The Morgan fingerprint density at radius 3 is 1.98 bits per heavy atom. The lowest BCUT2D eigenvalue weighted by Gasteiger charge is -2.21. The van der Waals surface area contributed by atoms with Gasteiger partial charge in [0.05, 0.1) is 32.5 Å².